The van der Waals surface area contributed by atoms with Gasteiger partial charge in [-0.15, -0.1) is 0 Å². The lowest BCUT2D eigenvalue weighted by Crippen LogP contribution is -2.18. The van der Waals surface area contributed by atoms with E-state index in [1.54, 1.807) is 0 Å². The monoisotopic (exact) mass is 189 g/mol. The summed E-state index contributed by atoms with van der Waals surface area (Å²) in [7, 11) is -3.97. The van der Waals surface area contributed by atoms with Crippen molar-refractivity contribution in [1.29, 1.82) is 0 Å². The fourth-order valence-corrected chi connectivity index (χ4v) is 1.02. The zero-order valence-electron chi connectivity index (χ0n) is 5.97. The highest BCUT2D eigenvalue weighted by Gasteiger charge is 2.03. The Morgan fingerprint density at radius 3 is 2.17 bits per heavy atom. The zero-order chi connectivity index (χ0) is 9.19. The van der Waals surface area contributed by atoms with Crippen LogP contribution in [-0.2, 0) is 10.3 Å². The van der Waals surface area contributed by atoms with Gasteiger partial charge in [0.25, 0.3) is 0 Å². The highest BCUT2D eigenvalue weighted by molar-refractivity contribution is 7.84. The molecule has 1 rings (SSSR count). The van der Waals surface area contributed by atoms with Crippen molar-refractivity contribution in [2.45, 2.75) is 0 Å². The first-order chi connectivity index (χ1) is 5.47. The lowest BCUT2D eigenvalue weighted by Gasteiger charge is -2.00. The van der Waals surface area contributed by atoms with E-state index in [1.807, 2.05) is 0 Å². The molecule has 0 saturated heterocycles. The molecular weight excluding hydrogens is 182 g/mol. The van der Waals surface area contributed by atoms with Crippen LogP contribution in [0.3, 0.4) is 0 Å². The molecular formula is C6H7NO4S. The van der Waals surface area contributed by atoms with Crippen molar-refractivity contribution in [2.75, 3.05) is 0 Å². The van der Waals surface area contributed by atoms with Crippen molar-refractivity contribution < 1.29 is 17.7 Å². The summed E-state index contributed by atoms with van der Waals surface area (Å²) in [6.07, 6.45) is 0. The van der Waals surface area contributed by atoms with Gasteiger partial charge in [0.05, 0.1) is 0 Å². The maximum Gasteiger partial charge on any atom is 0.380 e. The molecule has 0 fully saturated rings. The van der Waals surface area contributed by atoms with Crippen LogP contribution < -0.4 is 9.32 Å². The summed E-state index contributed by atoms with van der Waals surface area (Å²) >= 11 is 0. The Hall–Kier alpha value is -1.27. The van der Waals surface area contributed by atoms with Crippen LogP contribution in [0.25, 0.3) is 0 Å². The van der Waals surface area contributed by atoms with E-state index in [0.29, 0.717) is 0 Å². The predicted molar refractivity (Wildman–Crippen MR) is 41.8 cm³/mol. The minimum atomic E-state index is -3.97. The first-order valence-electron chi connectivity index (χ1n) is 2.98. The topological polar surface area (TPSA) is 89.6 Å². The molecule has 0 aliphatic carbocycles. The Kier molecular flexibility index (Phi) is 2.20. The van der Waals surface area contributed by atoms with Crippen LogP contribution in [0.15, 0.2) is 24.3 Å². The van der Waals surface area contributed by atoms with E-state index in [-0.39, 0.29) is 11.5 Å². The zero-order valence-corrected chi connectivity index (χ0v) is 6.78. The standard InChI is InChI=1S/C6H7NO4S/c7-12(9,10)11-6-3-1-5(8)2-4-6/h1-4,8H,(H2,7,9,10). The molecule has 6 heteroatoms. The van der Waals surface area contributed by atoms with Crippen molar-refractivity contribution in [1.82, 2.24) is 0 Å². The van der Waals surface area contributed by atoms with Gasteiger partial charge in [0.1, 0.15) is 11.5 Å². The number of rotatable bonds is 2. The number of aromatic hydroxyl groups is 1. The molecule has 0 aliphatic rings. The third-order valence-electron chi connectivity index (χ3n) is 1.05. The predicted octanol–water partition coefficient (Wildman–Crippen LogP) is -0.0255. The normalized spacial score (nSPS) is 11.1. The molecule has 0 heterocycles. The summed E-state index contributed by atoms with van der Waals surface area (Å²) in [5.74, 6) is 0.0899. The molecule has 0 bridgehead atoms. The summed E-state index contributed by atoms with van der Waals surface area (Å²) in [5, 5.41) is 13.4. The van der Waals surface area contributed by atoms with Gasteiger partial charge < -0.3 is 9.29 Å². The Morgan fingerprint density at radius 1 is 1.25 bits per heavy atom. The van der Waals surface area contributed by atoms with E-state index in [4.69, 9.17) is 5.11 Å². The van der Waals surface area contributed by atoms with Crippen molar-refractivity contribution in [3.8, 4) is 11.5 Å². The number of nitrogens with two attached hydrogens (primary N) is 1. The van der Waals surface area contributed by atoms with Gasteiger partial charge in [-0.25, -0.2) is 0 Å². The second-order valence-electron chi connectivity index (χ2n) is 2.07. The lowest BCUT2D eigenvalue weighted by molar-refractivity contribution is 0.469. The molecule has 0 amide bonds. The highest BCUT2D eigenvalue weighted by atomic mass is 32.2. The van der Waals surface area contributed by atoms with E-state index < -0.39 is 10.3 Å². The van der Waals surface area contributed by atoms with Gasteiger partial charge in [-0.3, -0.25) is 0 Å². The minimum absolute atomic E-state index is 0.0248. The van der Waals surface area contributed by atoms with Crippen LogP contribution in [0.5, 0.6) is 11.5 Å². The first-order valence-corrected chi connectivity index (χ1v) is 4.46. The van der Waals surface area contributed by atoms with Crippen molar-refractivity contribution in [2.24, 2.45) is 5.14 Å². The highest BCUT2D eigenvalue weighted by Crippen LogP contribution is 2.16. The molecule has 0 atom stereocenters. The van der Waals surface area contributed by atoms with Crippen molar-refractivity contribution >= 4 is 10.3 Å². The molecule has 0 radical (unpaired) electrons. The first kappa shape index (κ1) is 8.82. The van der Waals surface area contributed by atoms with Crippen LogP contribution in [0.1, 0.15) is 0 Å². The number of phenolic OH excluding ortho intramolecular Hbond substituents is 1. The Morgan fingerprint density at radius 2 is 1.75 bits per heavy atom. The molecule has 0 aliphatic heterocycles. The fourth-order valence-electron chi connectivity index (χ4n) is 0.636. The van der Waals surface area contributed by atoms with Crippen LogP contribution in [0, 0.1) is 0 Å². The van der Waals surface area contributed by atoms with Crippen LogP contribution in [0.2, 0.25) is 0 Å². The molecule has 1 aromatic carbocycles. The molecule has 66 valence electrons. The summed E-state index contributed by atoms with van der Waals surface area (Å²) in [6.45, 7) is 0. The minimum Gasteiger partial charge on any atom is -0.508 e. The van der Waals surface area contributed by atoms with Crippen LogP contribution in [0.4, 0.5) is 0 Å². The molecule has 0 aromatic heterocycles. The molecule has 0 saturated carbocycles. The molecule has 5 nitrogen and oxygen atoms in total. The number of phenols is 1. The van der Waals surface area contributed by atoms with E-state index in [1.165, 1.54) is 24.3 Å². The third kappa shape index (κ3) is 2.77. The Bertz CT molecular complexity index is 356. The molecule has 1 aromatic rings. The van der Waals surface area contributed by atoms with E-state index in [0.717, 1.165) is 0 Å². The van der Waals surface area contributed by atoms with E-state index >= 15 is 0 Å². The van der Waals surface area contributed by atoms with Crippen molar-refractivity contribution in [3.63, 3.8) is 0 Å². The Balaban J connectivity index is 2.85. The van der Waals surface area contributed by atoms with Gasteiger partial charge in [-0.2, -0.15) is 13.6 Å². The lowest BCUT2D eigenvalue weighted by atomic mass is 10.3. The third-order valence-corrected chi connectivity index (χ3v) is 1.47. The Labute approximate surface area is 69.6 Å². The second kappa shape index (κ2) is 3.00. The van der Waals surface area contributed by atoms with Gasteiger partial charge in [-0.05, 0) is 24.3 Å². The molecule has 0 spiro atoms. The quantitative estimate of drug-likeness (QED) is 0.683. The van der Waals surface area contributed by atoms with E-state index in [2.05, 4.69) is 9.32 Å². The van der Waals surface area contributed by atoms with Crippen LogP contribution >= 0.6 is 0 Å². The van der Waals surface area contributed by atoms with Gasteiger partial charge in [0, 0.05) is 0 Å². The summed E-state index contributed by atoms with van der Waals surface area (Å²) in [6, 6.07) is 5.17. The largest absolute Gasteiger partial charge is 0.508 e. The van der Waals surface area contributed by atoms with Gasteiger partial charge in [-0.1, -0.05) is 0 Å². The average Bonchev–Trinajstić information content (AvgIpc) is 1.91. The van der Waals surface area contributed by atoms with Crippen LogP contribution in [-0.4, -0.2) is 13.5 Å². The van der Waals surface area contributed by atoms with Crippen molar-refractivity contribution in [3.05, 3.63) is 24.3 Å². The number of benzene rings is 1. The van der Waals surface area contributed by atoms with Gasteiger partial charge in [0.2, 0.25) is 0 Å². The summed E-state index contributed by atoms with van der Waals surface area (Å²) < 4.78 is 25.1. The fraction of sp³-hybridized carbons (Fsp3) is 0. The second-order valence-corrected chi connectivity index (χ2v) is 3.22. The number of hydrogen-bond donors (Lipinski definition) is 2. The summed E-state index contributed by atoms with van der Waals surface area (Å²) in [4.78, 5) is 0. The van der Waals surface area contributed by atoms with Gasteiger partial charge >= 0.3 is 10.3 Å². The SMILES string of the molecule is NS(=O)(=O)Oc1ccc(O)cc1. The van der Waals surface area contributed by atoms with Gasteiger partial charge in [0.15, 0.2) is 0 Å². The molecule has 12 heavy (non-hydrogen) atoms. The van der Waals surface area contributed by atoms with E-state index in [9.17, 15) is 8.42 Å². The molecule has 0 unspecified atom stereocenters. The maximum absolute atomic E-state index is 10.4. The maximum atomic E-state index is 10.4. The summed E-state index contributed by atoms with van der Waals surface area (Å²) in [5.41, 5.74) is 0. The molecule has 3 N–H and O–H groups in total. The average molecular weight is 189 g/mol. The number of hydrogen-bond acceptors (Lipinski definition) is 4. The smallest absolute Gasteiger partial charge is 0.380 e.